The van der Waals surface area contributed by atoms with E-state index < -0.39 is 0 Å². The van der Waals surface area contributed by atoms with Crippen LogP contribution in [0.3, 0.4) is 0 Å². The predicted octanol–water partition coefficient (Wildman–Crippen LogP) is 11.2. The fourth-order valence-corrected chi connectivity index (χ4v) is 8.94. The Balaban J connectivity index is 1.41. The van der Waals surface area contributed by atoms with Crippen molar-refractivity contribution < 1.29 is 0 Å². The molecule has 0 atom stereocenters. The number of fused-ring (bicyclic) bond motifs is 10. The van der Waals surface area contributed by atoms with E-state index >= 15 is 0 Å². The zero-order valence-electron chi connectivity index (χ0n) is 20.9. The number of aromatic nitrogens is 1. The van der Waals surface area contributed by atoms with E-state index in [1.54, 1.807) is 0 Å². The van der Waals surface area contributed by atoms with Crippen LogP contribution < -0.4 is 0 Å². The standard InChI is InChI=1S/C36H21NS2/c1-2-11-23(12-3-1)37-30-18-7-6-14-27(30)36-33(37)29-17-8-16-26(35(29)39-36)25-15-9-19-31-32(25)28-21-20-22-10-4-5-13-24(22)34(28)38-31/h1-21H. The first-order valence-corrected chi connectivity index (χ1v) is 14.8. The minimum atomic E-state index is 1.20. The van der Waals surface area contributed by atoms with Gasteiger partial charge in [-0.1, -0.05) is 103 Å². The van der Waals surface area contributed by atoms with Crippen LogP contribution in [0.25, 0.3) is 79.0 Å². The van der Waals surface area contributed by atoms with E-state index in [1.165, 1.54) is 79.0 Å². The molecule has 39 heavy (non-hydrogen) atoms. The highest BCUT2D eigenvalue weighted by atomic mass is 32.1. The molecule has 0 aliphatic rings. The largest absolute Gasteiger partial charge is 0.308 e. The van der Waals surface area contributed by atoms with Crippen molar-refractivity contribution in [2.75, 3.05) is 0 Å². The second kappa shape index (κ2) is 8.03. The lowest BCUT2D eigenvalue weighted by Gasteiger charge is -2.09. The first-order chi connectivity index (χ1) is 19.4. The summed E-state index contributed by atoms with van der Waals surface area (Å²) >= 11 is 3.84. The number of para-hydroxylation sites is 2. The molecule has 1 nitrogen and oxygen atoms in total. The molecule has 0 N–H and O–H groups in total. The van der Waals surface area contributed by atoms with Crippen molar-refractivity contribution in [3.05, 3.63) is 127 Å². The van der Waals surface area contributed by atoms with Crippen LogP contribution >= 0.6 is 22.7 Å². The van der Waals surface area contributed by atoms with Crippen molar-refractivity contribution in [2.24, 2.45) is 0 Å². The Kier molecular flexibility index (Phi) is 4.43. The number of hydrogen-bond donors (Lipinski definition) is 0. The van der Waals surface area contributed by atoms with Gasteiger partial charge in [-0.15, -0.1) is 22.7 Å². The fourth-order valence-electron chi connectivity index (χ4n) is 6.33. The van der Waals surface area contributed by atoms with E-state index in [2.05, 4.69) is 132 Å². The molecule has 9 aromatic rings. The number of hydrogen-bond acceptors (Lipinski definition) is 2. The molecule has 0 fully saturated rings. The molecule has 0 radical (unpaired) electrons. The third-order valence-corrected chi connectivity index (χ3v) is 10.5. The monoisotopic (exact) mass is 531 g/mol. The van der Waals surface area contributed by atoms with Crippen LogP contribution in [-0.2, 0) is 0 Å². The Labute approximate surface area is 232 Å². The first kappa shape index (κ1) is 21.5. The van der Waals surface area contributed by atoms with Crippen molar-refractivity contribution in [1.82, 2.24) is 4.57 Å². The summed E-state index contributed by atoms with van der Waals surface area (Å²) in [5, 5.41) is 7.98. The summed E-state index contributed by atoms with van der Waals surface area (Å²) < 4.78 is 7.87. The van der Waals surface area contributed by atoms with Gasteiger partial charge in [0.15, 0.2) is 0 Å². The molecule has 3 heteroatoms. The molecule has 9 rings (SSSR count). The Morgan fingerprint density at radius 3 is 2.10 bits per heavy atom. The van der Waals surface area contributed by atoms with Gasteiger partial charge in [-0.25, -0.2) is 0 Å². The Hall–Kier alpha value is -4.44. The van der Waals surface area contributed by atoms with E-state index in [9.17, 15) is 0 Å². The van der Waals surface area contributed by atoms with E-state index in [1.807, 2.05) is 22.7 Å². The van der Waals surface area contributed by atoms with Crippen LogP contribution in [0, 0.1) is 0 Å². The number of benzene rings is 6. The maximum Gasteiger partial charge on any atom is 0.0727 e. The molecule has 3 aromatic heterocycles. The Bertz CT molecular complexity index is 2390. The molecule has 0 spiro atoms. The van der Waals surface area contributed by atoms with Crippen molar-refractivity contribution in [1.29, 1.82) is 0 Å². The molecule has 0 unspecified atom stereocenters. The summed E-state index contributed by atoms with van der Waals surface area (Å²) in [7, 11) is 0. The number of nitrogens with zero attached hydrogens (tertiary/aromatic N) is 1. The zero-order chi connectivity index (χ0) is 25.5. The highest BCUT2D eigenvalue weighted by Gasteiger charge is 2.21. The van der Waals surface area contributed by atoms with Crippen LogP contribution in [0.15, 0.2) is 127 Å². The van der Waals surface area contributed by atoms with Gasteiger partial charge in [0, 0.05) is 46.9 Å². The average Bonchev–Trinajstić information content (AvgIpc) is 3.66. The van der Waals surface area contributed by atoms with E-state index in [-0.39, 0.29) is 0 Å². The fraction of sp³-hybridized carbons (Fsp3) is 0. The lowest BCUT2D eigenvalue weighted by atomic mass is 9.97. The lowest BCUT2D eigenvalue weighted by Crippen LogP contribution is -1.92. The lowest BCUT2D eigenvalue weighted by molar-refractivity contribution is 1.19. The van der Waals surface area contributed by atoms with Gasteiger partial charge >= 0.3 is 0 Å². The van der Waals surface area contributed by atoms with Gasteiger partial charge in [-0.05, 0) is 40.6 Å². The van der Waals surface area contributed by atoms with Gasteiger partial charge in [0.2, 0.25) is 0 Å². The number of rotatable bonds is 2. The SMILES string of the molecule is c1ccc(-n2c3ccccc3c3sc4c(-c5cccc6sc7c8ccccc8ccc7c56)cccc4c32)cc1. The molecule has 6 aromatic carbocycles. The first-order valence-electron chi connectivity index (χ1n) is 13.2. The van der Waals surface area contributed by atoms with Gasteiger partial charge < -0.3 is 4.57 Å². The van der Waals surface area contributed by atoms with Gasteiger partial charge in [-0.3, -0.25) is 0 Å². The van der Waals surface area contributed by atoms with E-state index in [0.29, 0.717) is 0 Å². The van der Waals surface area contributed by atoms with Crippen LogP contribution in [0.1, 0.15) is 0 Å². The average molecular weight is 532 g/mol. The topological polar surface area (TPSA) is 4.93 Å². The zero-order valence-corrected chi connectivity index (χ0v) is 22.5. The molecule has 0 saturated carbocycles. The van der Waals surface area contributed by atoms with E-state index in [0.717, 1.165) is 0 Å². The maximum atomic E-state index is 2.44. The quantitative estimate of drug-likeness (QED) is 0.209. The Morgan fingerprint density at radius 1 is 0.436 bits per heavy atom. The molecule has 182 valence electrons. The summed E-state index contributed by atoms with van der Waals surface area (Å²) in [6, 6.07) is 46.6. The summed E-state index contributed by atoms with van der Waals surface area (Å²) in [5.41, 5.74) is 6.40. The van der Waals surface area contributed by atoms with Crippen molar-refractivity contribution >= 4 is 84.8 Å². The summed E-state index contributed by atoms with van der Waals surface area (Å²) in [5.74, 6) is 0. The van der Waals surface area contributed by atoms with Gasteiger partial charge in [0.05, 0.1) is 15.7 Å². The van der Waals surface area contributed by atoms with Crippen molar-refractivity contribution in [2.45, 2.75) is 0 Å². The maximum absolute atomic E-state index is 2.44. The van der Waals surface area contributed by atoms with E-state index in [4.69, 9.17) is 0 Å². The Morgan fingerprint density at radius 2 is 1.18 bits per heavy atom. The third-order valence-electron chi connectivity index (χ3n) is 7.99. The highest BCUT2D eigenvalue weighted by Crippen LogP contribution is 2.48. The van der Waals surface area contributed by atoms with Crippen molar-refractivity contribution in [3.8, 4) is 16.8 Å². The van der Waals surface area contributed by atoms with Crippen LogP contribution in [-0.4, -0.2) is 4.57 Å². The molecular formula is C36H21NS2. The van der Waals surface area contributed by atoms with Crippen LogP contribution in [0.4, 0.5) is 0 Å². The molecule has 0 saturated heterocycles. The molecule has 0 amide bonds. The second-order valence-electron chi connectivity index (χ2n) is 10.1. The number of thiophene rings is 2. The molecule has 0 aliphatic heterocycles. The molecule has 3 heterocycles. The predicted molar refractivity (Wildman–Crippen MR) is 172 cm³/mol. The second-order valence-corrected chi connectivity index (χ2v) is 12.2. The normalized spacial score (nSPS) is 12.1. The third kappa shape index (κ3) is 2.94. The van der Waals surface area contributed by atoms with Crippen LogP contribution in [0.5, 0.6) is 0 Å². The van der Waals surface area contributed by atoms with Crippen molar-refractivity contribution in [3.63, 3.8) is 0 Å². The summed E-state index contributed by atoms with van der Waals surface area (Å²) in [6.45, 7) is 0. The highest BCUT2D eigenvalue weighted by molar-refractivity contribution is 7.27. The molecular weight excluding hydrogens is 511 g/mol. The molecule has 0 bridgehead atoms. The minimum Gasteiger partial charge on any atom is -0.308 e. The summed E-state index contributed by atoms with van der Waals surface area (Å²) in [6.07, 6.45) is 0. The summed E-state index contributed by atoms with van der Waals surface area (Å²) in [4.78, 5) is 0. The smallest absolute Gasteiger partial charge is 0.0727 e. The molecule has 0 aliphatic carbocycles. The van der Waals surface area contributed by atoms with Gasteiger partial charge in [0.1, 0.15) is 0 Å². The van der Waals surface area contributed by atoms with Gasteiger partial charge in [-0.2, -0.15) is 0 Å². The minimum absolute atomic E-state index is 1.20. The van der Waals surface area contributed by atoms with Crippen LogP contribution in [0.2, 0.25) is 0 Å². The van der Waals surface area contributed by atoms with Gasteiger partial charge in [0.25, 0.3) is 0 Å².